The fourth-order valence-electron chi connectivity index (χ4n) is 3.27. The van der Waals surface area contributed by atoms with Crippen LogP contribution in [0.2, 0.25) is 0 Å². The van der Waals surface area contributed by atoms with Crippen LogP contribution >= 0.6 is 11.3 Å². The molecule has 0 unspecified atom stereocenters. The summed E-state index contributed by atoms with van der Waals surface area (Å²) in [5.74, 6) is 0. The van der Waals surface area contributed by atoms with Crippen LogP contribution < -0.4 is 5.32 Å². The molecule has 3 rings (SSSR count). The third kappa shape index (κ3) is 5.05. The number of hydrogen-bond acceptors (Lipinski definition) is 4. The van der Waals surface area contributed by atoms with E-state index in [2.05, 4.69) is 47.4 Å². The summed E-state index contributed by atoms with van der Waals surface area (Å²) in [6.45, 7) is 9.79. The maximum absolute atomic E-state index is 13.0. The van der Waals surface area contributed by atoms with Crippen LogP contribution in [0.4, 0.5) is 4.79 Å². The minimum absolute atomic E-state index is 0.000752. The van der Waals surface area contributed by atoms with Crippen LogP contribution in [0, 0.1) is 0 Å². The Morgan fingerprint density at radius 1 is 1.35 bits per heavy atom. The zero-order valence-corrected chi connectivity index (χ0v) is 16.6. The fraction of sp³-hybridized carbons (Fsp3) is 0.500. The summed E-state index contributed by atoms with van der Waals surface area (Å²) in [6.07, 6.45) is 4.58. The van der Waals surface area contributed by atoms with E-state index in [1.54, 1.807) is 17.5 Å². The molecule has 0 radical (unpaired) electrons. The van der Waals surface area contributed by atoms with Crippen LogP contribution in [-0.4, -0.2) is 45.5 Å². The van der Waals surface area contributed by atoms with E-state index in [9.17, 15) is 4.79 Å². The molecule has 26 heavy (non-hydrogen) atoms. The standard InChI is InChI=1S/C20H28N4OS/c1-20(2,3)24-9-6-18(14-24)22-19(25)23(13-17-7-10-26-15-17)12-16-5-4-8-21-11-16/h4-5,7-8,10-11,15,18H,6,9,12-14H2,1-3H3,(H,22,25)/t18-/m0/s1. The van der Waals surface area contributed by atoms with Crippen molar-refractivity contribution in [3.8, 4) is 0 Å². The smallest absolute Gasteiger partial charge is 0.318 e. The highest BCUT2D eigenvalue weighted by atomic mass is 32.1. The summed E-state index contributed by atoms with van der Waals surface area (Å²) in [4.78, 5) is 21.4. The summed E-state index contributed by atoms with van der Waals surface area (Å²) in [7, 11) is 0. The van der Waals surface area contributed by atoms with Crippen molar-refractivity contribution in [2.75, 3.05) is 13.1 Å². The van der Waals surface area contributed by atoms with Gasteiger partial charge in [0.25, 0.3) is 0 Å². The third-order valence-electron chi connectivity index (χ3n) is 4.80. The Bertz CT molecular complexity index is 696. The zero-order valence-electron chi connectivity index (χ0n) is 15.8. The summed E-state index contributed by atoms with van der Waals surface area (Å²) >= 11 is 1.66. The molecule has 2 aromatic heterocycles. The Hall–Kier alpha value is -1.92. The van der Waals surface area contributed by atoms with E-state index in [1.165, 1.54) is 0 Å². The van der Waals surface area contributed by atoms with Crippen molar-refractivity contribution in [2.45, 2.75) is 51.9 Å². The van der Waals surface area contributed by atoms with Crippen LogP contribution in [0.1, 0.15) is 38.3 Å². The molecule has 140 valence electrons. The van der Waals surface area contributed by atoms with Crippen LogP contribution in [0.3, 0.4) is 0 Å². The van der Waals surface area contributed by atoms with Gasteiger partial charge in [-0.3, -0.25) is 9.88 Å². The van der Waals surface area contributed by atoms with Crippen molar-refractivity contribution in [1.82, 2.24) is 20.1 Å². The Morgan fingerprint density at radius 3 is 2.77 bits per heavy atom. The molecule has 2 aromatic rings. The van der Waals surface area contributed by atoms with Crippen LogP contribution in [-0.2, 0) is 13.1 Å². The van der Waals surface area contributed by atoms with Gasteiger partial charge in [-0.1, -0.05) is 6.07 Å². The number of likely N-dealkylation sites (tertiary alicyclic amines) is 1. The molecule has 3 heterocycles. The Balaban J connectivity index is 1.65. The van der Waals surface area contributed by atoms with Gasteiger partial charge in [-0.05, 0) is 61.2 Å². The number of amides is 2. The summed E-state index contributed by atoms with van der Waals surface area (Å²) < 4.78 is 0. The number of pyridine rings is 1. The summed E-state index contributed by atoms with van der Waals surface area (Å²) in [5, 5.41) is 7.39. The van der Waals surface area contributed by atoms with Crippen molar-refractivity contribution < 1.29 is 4.79 Å². The molecule has 0 aromatic carbocycles. The van der Waals surface area contributed by atoms with Crippen molar-refractivity contribution in [3.63, 3.8) is 0 Å². The molecule has 1 N–H and O–H groups in total. The Labute approximate surface area is 160 Å². The van der Waals surface area contributed by atoms with Crippen LogP contribution in [0.15, 0.2) is 41.4 Å². The predicted octanol–water partition coefficient (Wildman–Crippen LogP) is 3.73. The van der Waals surface area contributed by atoms with Gasteiger partial charge < -0.3 is 10.2 Å². The predicted molar refractivity (Wildman–Crippen MR) is 106 cm³/mol. The first-order chi connectivity index (χ1) is 12.4. The molecular formula is C20H28N4OS. The van der Waals surface area contributed by atoms with Crippen molar-refractivity contribution in [1.29, 1.82) is 0 Å². The van der Waals surface area contributed by atoms with E-state index in [-0.39, 0.29) is 17.6 Å². The van der Waals surface area contributed by atoms with Gasteiger partial charge >= 0.3 is 6.03 Å². The SMILES string of the molecule is CC(C)(C)N1CC[C@H](NC(=O)N(Cc2cccnc2)Cc2ccsc2)C1. The van der Waals surface area contributed by atoms with E-state index >= 15 is 0 Å². The molecule has 1 atom stereocenters. The molecular weight excluding hydrogens is 344 g/mol. The number of thiophene rings is 1. The number of nitrogens with one attached hydrogen (secondary N) is 1. The number of rotatable bonds is 5. The largest absolute Gasteiger partial charge is 0.334 e. The Morgan fingerprint density at radius 2 is 2.15 bits per heavy atom. The molecule has 0 spiro atoms. The van der Waals surface area contributed by atoms with Gasteiger partial charge in [-0.2, -0.15) is 11.3 Å². The number of nitrogens with zero attached hydrogens (tertiary/aromatic N) is 3. The first-order valence-corrected chi connectivity index (χ1v) is 10.1. The lowest BCUT2D eigenvalue weighted by Gasteiger charge is -2.32. The highest BCUT2D eigenvalue weighted by molar-refractivity contribution is 7.07. The van der Waals surface area contributed by atoms with Crippen molar-refractivity contribution in [3.05, 3.63) is 52.5 Å². The molecule has 2 amide bonds. The molecule has 5 nitrogen and oxygen atoms in total. The number of hydrogen-bond donors (Lipinski definition) is 1. The van der Waals surface area contributed by atoms with E-state index in [4.69, 9.17) is 0 Å². The van der Waals surface area contributed by atoms with Gasteiger partial charge in [0.05, 0.1) is 0 Å². The first kappa shape index (κ1) is 18.9. The molecule has 6 heteroatoms. The maximum atomic E-state index is 13.0. The normalized spacial score (nSPS) is 18.0. The van der Waals surface area contributed by atoms with Gasteiger partial charge in [-0.25, -0.2) is 4.79 Å². The van der Waals surface area contributed by atoms with Crippen molar-refractivity contribution >= 4 is 17.4 Å². The molecule has 1 saturated heterocycles. The second-order valence-electron chi connectivity index (χ2n) is 7.90. The molecule has 0 aliphatic carbocycles. The van der Waals surface area contributed by atoms with Gasteiger partial charge in [-0.15, -0.1) is 0 Å². The van der Waals surface area contributed by atoms with Gasteiger partial charge in [0.2, 0.25) is 0 Å². The summed E-state index contributed by atoms with van der Waals surface area (Å²) in [6, 6.07) is 6.21. The Kier molecular flexibility index (Phi) is 5.94. The van der Waals surface area contributed by atoms with E-state index in [1.807, 2.05) is 28.6 Å². The molecule has 1 aliphatic rings. The van der Waals surface area contributed by atoms with Gasteiger partial charge in [0.15, 0.2) is 0 Å². The van der Waals surface area contributed by atoms with Crippen molar-refractivity contribution in [2.24, 2.45) is 0 Å². The lowest BCUT2D eigenvalue weighted by atomic mass is 10.1. The summed E-state index contributed by atoms with van der Waals surface area (Å²) in [5.41, 5.74) is 2.35. The monoisotopic (exact) mass is 372 g/mol. The number of aromatic nitrogens is 1. The molecule has 0 saturated carbocycles. The zero-order chi connectivity index (χ0) is 18.6. The fourth-order valence-corrected chi connectivity index (χ4v) is 3.93. The maximum Gasteiger partial charge on any atom is 0.318 e. The second kappa shape index (κ2) is 8.18. The van der Waals surface area contributed by atoms with E-state index < -0.39 is 0 Å². The van der Waals surface area contributed by atoms with Gasteiger partial charge in [0.1, 0.15) is 0 Å². The van der Waals surface area contributed by atoms with Gasteiger partial charge in [0, 0.05) is 50.2 Å². The quantitative estimate of drug-likeness (QED) is 0.870. The topological polar surface area (TPSA) is 48.5 Å². The average molecular weight is 373 g/mol. The number of urea groups is 1. The minimum atomic E-state index is 0.000752. The highest BCUT2D eigenvalue weighted by Crippen LogP contribution is 2.21. The number of carbonyl (C=O) groups excluding carboxylic acids is 1. The van der Waals surface area contributed by atoms with E-state index in [0.29, 0.717) is 13.1 Å². The number of carbonyl (C=O) groups is 1. The highest BCUT2D eigenvalue weighted by Gasteiger charge is 2.31. The molecule has 1 fully saturated rings. The third-order valence-corrected chi connectivity index (χ3v) is 5.53. The average Bonchev–Trinajstić information content (AvgIpc) is 3.26. The first-order valence-electron chi connectivity index (χ1n) is 9.12. The lowest BCUT2D eigenvalue weighted by Crippen LogP contribution is -2.47. The molecule has 1 aliphatic heterocycles. The van der Waals surface area contributed by atoms with E-state index in [0.717, 1.165) is 30.6 Å². The lowest BCUT2D eigenvalue weighted by molar-refractivity contribution is 0.165. The van der Waals surface area contributed by atoms with Crippen LogP contribution in [0.5, 0.6) is 0 Å². The minimum Gasteiger partial charge on any atom is -0.334 e. The van der Waals surface area contributed by atoms with Crippen LogP contribution in [0.25, 0.3) is 0 Å². The molecule has 0 bridgehead atoms. The second-order valence-corrected chi connectivity index (χ2v) is 8.68.